The molecule has 3 N–H and O–H groups in total. The van der Waals surface area contributed by atoms with Crippen molar-refractivity contribution in [2.45, 2.75) is 52.7 Å². The number of hydrogen-bond donors (Lipinski definition) is 3. The molecule has 0 radical (unpaired) electrons. The number of halogens is 1. The first-order chi connectivity index (χ1) is 12.8. The van der Waals surface area contributed by atoms with Crippen LogP contribution in [0, 0.1) is 0 Å². The van der Waals surface area contributed by atoms with Gasteiger partial charge in [-0.15, -0.1) is 24.0 Å². The van der Waals surface area contributed by atoms with Gasteiger partial charge in [0.15, 0.2) is 5.96 Å². The maximum absolute atomic E-state index is 11.6. The standard InChI is InChI=1S/C19H33N5O3.HI/c1-5-20-17(22-12-13-23-18(26)27-19(2,3)4)21-11-7-9-15-24-14-8-6-10-16(24)25;/h6,8,10,14H,5,7,9,11-13,15H2,1-4H3,(H,23,26)(H2,20,21,22);1H. The van der Waals surface area contributed by atoms with E-state index in [0.29, 0.717) is 32.1 Å². The minimum Gasteiger partial charge on any atom is -0.444 e. The van der Waals surface area contributed by atoms with Gasteiger partial charge in [0.1, 0.15) is 5.60 Å². The highest BCUT2D eigenvalue weighted by atomic mass is 127. The minimum atomic E-state index is -0.501. The van der Waals surface area contributed by atoms with Crippen LogP contribution in [0.1, 0.15) is 40.5 Å². The van der Waals surface area contributed by atoms with E-state index in [-0.39, 0.29) is 29.5 Å². The van der Waals surface area contributed by atoms with Crippen molar-refractivity contribution in [2.24, 2.45) is 4.99 Å². The molecule has 0 unspecified atom stereocenters. The number of amides is 1. The van der Waals surface area contributed by atoms with Gasteiger partial charge in [0.2, 0.25) is 5.56 Å². The quantitative estimate of drug-likeness (QED) is 0.206. The van der Waals surface area contributed by atoms with Crippen molar-refractivity contribution >= 4 is 36.0 Å². The lowest BCUT2D eigenvalue weighted by molar-refractivity contribution is 0.0529. The van der Waals surface area contributed by atoms with Crippen molar-refractivity contribution in [2.75, 3.05) is 26.2 Å². The highest BCUT2D eigenvalue weighted by Crippen LogP contribution is 2.05. The molecular weight excluding hydrogens is 473 g/mol. The van der Waals surface area contributed by atoms with Crippen LogP contribution in [0.15, 0.2) is 34.2 Å². The third kappa shape index (κ3) is 12.6. The number of guanidine groups is 1. The van der Waals surface area contributed by atoms with Gasteiger partial charge < -0.3 is 25.3 Å². The van der Waals surface area contributed by atoms with Gasteiger partial charge >= 0.3 is 6.09 Å². The van der Waals surface area contributed by atoms with Gasteiger partial charge in [0.25, 0.3) is 0 Å². The molecule has 8 nitrogen and oxygen atoms in total. The summed E-state index contributed by atoms with van der Waals surface area (Å²) in [6, 6.07) is 5.17. The van der Waals surface area contributed by atoms with Gasteiger partial charge in [-0.3, -0.25) is 9.79 Å². The van der Waals surface area contributed by atoms with Gasteiger partial charge in [-0.1, -0.05) is 6.07 Å². The number of carbonyl (C=O) groups excluding carboxylic acids is 1. The lowest BCUT2D eigenvalue weighted by Crippen LogP contribution is -2.42. The molecule has 0 aromatic carbocycles. The van der Waals surface area contributed by atoms with Gasteiger partial charge in [-0.05, 0) is 46.6 Å². The predicted octanol–water partition coefficient (Wildman–Crippen LogP) is 2.33. The molecule has 0 aliphatic rings. The van der Waals surface area contributed by atoms with Crippen LogP contribution in [0.3, 0.4) is 0 Å². The molecule has 9 heteroatoms. The van der Waals surface area contributed by atoms with E-state index in [2.05, 4.69) is 20.9 Å². The van der Waals surface area contributed by atoms with Crippen LogP contribution >= 0.6 is 24.0 Å². The smallest absolute Gasteiger partial charge is 0.407 e. The molecule has 0 atom stereocenters. The van der Waals surface area contributed by atoms with Crippen molar-refractivity contribution < 1.29 is 9.53 Å². The molecule has 1 amide bonds. The van der Waals surface area contributed by atoms with Crippen molar-refractivity contribution in [1.82, 2.24) is 20.5 Å². The van der Waals surface area contributed by atoms with Crippen molar-refractivity contribution in [1.29, 1.82) is 0 Å². The molecular formula is C19H34IN5O3. The van der Waals surface area contributed by atoms with Gasteiger partial charge in [-0.2, -0.15) is 0 Å². The Labute approximate surface area is 184 Å². The molecule has 1 heterocycles. The zero-order valence-corrected chi connectivity index (χ0v) is 19.6. The Balaban J connectivity index is 0.00000729. The molecule has 0 saturated carbocycles. The molecule has 0 fully saturated rings. The van der Waals surface area contributed by atoms with E-state index in [9.17, 15) is 9.59 Å². The number of pyridine rings is 1. The Morgan fingerprint density at radius 2 is 1.86 bits per heavy atom. The first kappa shape index (κ1) is 26.2. The fourth-order valence-electron chi connectivity index (χ4n) is 2.23. The minimum absolute atomic E-state index is 0. The van der Waals surface area contributed by atoms with E-state index in [1.54, 1.807) is 22.9 Å². The molecule has 0 aliphatic carbocycles. The third-order valence-corrected chi connectivity index (χ3v) is 3.41. The molecule has 28 heavy (non-hydrogen) atoms. The largest absolute Gasteiger partial charge is 0.444 e. The summed E-state index contributed by atoms with van der Waals surface area (Å²) in [5.41, 5.74) is -0.479. The van der Waals surface area contributed by atoms with E-state index in [1.807, 2.05) is 33.8 Å². The Morgan fingerprint density at radius 1 is 1.14 bits per heavy atom. The van der Waals surface area contributed by atoms with E-state index >= 15 is 0 Å². The number of carbonyl (C=O) groups is 1. The number of aryl methyl sites for hydroxylation is 1. The van der Waals surface area contributed by atoms with Crippen LogP contribution in [0.4, 0.5) is 4.79 Å². The second-order valence-corrected chi connectivity index (χ2v) is 7.06. The SMILES string of the molecule is CCNC(=NCCCCn1ccccc1=O)NCCNC(=O)OC(C)(C)C.I. The average molecular weight is 507 g/mol. The van der Waals surface area contributed by atoms with Gasteiger partial charge in [0.05, 0.1) is 0 Å². The molecule has 160 valence electrons. The highest BCUT2D eigenvalue weighted by Gasteiger charge is 2.15. The van der Waals surface area contributed by atoms with E-state index < -0.39 is 11.7 Å². The van der Waals surface area contributed by atoms with Crippen molar-refractivity contribution in [3.05, 3.63) is 34.7 Å². The Kier molecular flexibility index (Phi) is 13.3. The lowest BCUT2D eigenvalue weighted by Gasteiger charge is -2.19. The van der Waals surface area contributed by atoms with Crippen LogP contribution in [0.25, 0.3) is 0 Å². The number of alkyl carbamates (subject to hydrolysis) is 1. The number of nitrogens with one attached hydrogen (secondary N) is 3. The fraction of sp³-hybridized carbons (Fsp3) is 0.632. The summed E-state index contributed by atoms with van der Waals surface area (Å²) in [6.07, 6.45) is 3.14. The summed E-state index contributed by atoms with van der Waals surface area (Å²) in [5, 5.41) is 9.03. The molecule has 0 saturated heterocycles. The third-order valence-electron chi connectivity index (χ3n) is 3.41. The number of aromatic nitrogens is 1. The summed E-state index contributed by atoms with van der Waals surface area (Å²) in [6.45, 7) is 10.6. The summed E-state index contributed by atoms with van der Waals surface area (Å²) >= 11 is 0. The van der Waals surface area contributed by atoms with Crippen LogP contribution in [-0.2, 0) is 11.3 Å². The predicted molar refractivity (Wildman–Crippen MR) is 124 cm³/mol. The monoisotopic (exact) mass is 507 g/mol. The van der Waals surface area contributed by atoms with E-state index in [0.717, 1.165) is 19.4 Å². The van der Waals surface area contributed by atoms with Gasteiger partial charge in [0, 0.05) is 45.0 Å². The fourth-order valence-corrected chi connectivity index (χ4v) is 2.23. The number of rotatable bonds is 9. The number of aliphatic imine (C=N–C) groups is 1. The van der Waals surface area contributed by atoms with E-state index in [1.165, 1.54) is 0 Å². The van der Waals surface area contributed by atoms with Crippen LogP contribution in [-0.4, -0.2) is 48.4 Å². The van der Waals surface area contributed by atoms with Crippen LogP contribution in [0.5, 0.6) is 0 Å². The molecule has 0 aliphatic heterocycles. The molecule has 0 bridgehead atoms. The van der Waals surface area contributed by atoms with Crippen LogP contribution in [0.2, 0.25) is 0 Å². The number of nitrogens with zero attached hydrogens (tertiary/aromatic N) is 2. The Hall–Kier alpha value is -1.78. The van der Waals surface area contributed by atoms with E-state index in [4.69, 9.17) is 4.74 Å². The summed E-state index contributed by atoms with van der Waals surface area (Å²) in [7, 11) is 0. The number of hydrogen-bond acceptors (Lipinski definition) is 4. The number of ether oxygens (including phenoxy) is 1. The summed E-state index contributed by atoms with van der Waals surface area (Å²) in [4.78, 5) is 27.7. The Morgan fingerprint density at radius 3 is 2.50 bits per heavy atom. The second-order valence-electron chi connectivity index (χ2n) is 7.06. The summed E-state index contributed by atoms with van der Waals surface area (Å²) in [5.74, 6) is 0.709. The van der Waals surface area contributed by atoms with Crippen molar-refractivity contribution in [3.8, 4) is 0 Å². The number of unbranched alkanes of at least 4 members (excludes halogenated alkanes) is 1. The zero-order valence-electron chi connectivity index (χ0n) is 17.3. The topological polar surface area (TPSA) is 96.8 Å². The molecule has 1 rings (SSSR count). The second kappa shape index (κ2) is 14.3. The molecule has 1 aromatic rings. The zero-order chi connectivity index (χ0) is 20.1. The highest BCUT2D eigenvalue weighted by molar-refractivity contribution is 14.0. The first-order valence-electron chi connectivity index (χ1n) is 9.46. The average Bonchev–Trinajstić information content (AvgIpc) is 2.58. The first-order valence-corrected chi connectivity index (χ1v) is 9.46. The lowest BCUT2D eigenvalue weighted by atomic mass is 10.2. The maximum Gasteiger partial charge on any atom is 0.407 e. The van der Waals surface area contributed by atoms with Crippen LogP contribution < -0.4 is 21.5 Å². The van der Waals surface area contributed by atoms with Gasteiger partial charge in [-0.25, -0.2) is 4.79 Å². The van der Waals surface area contributed by atoms with Crippen molar-refractivity contribution in [3.63, 3.8) is 0 Å². The maximum atomic E-state index is 11.6. The Bertz CT molecular complexity index is 655. The summed E-state index contributed by atoms with van der Waals surface area (Å²) < 4.78 is 6.88. The molecule has 0 spiro atoms. The molecule has 1 aromatic heterocycles. The normalized spacial score (nSPS) is 11.4.